The maximum atomic E-state index is 12.1. The molecule has 0 heterocycles. The van der Waals surface area contributed by atoms with Gasteiger partial charge in [-0.25, -0.2) is 4.79 Å². The van der Waals surface area contributed by atoms with Crippen LogP contribution in [-0.4, -0.2) is 35.6 Å². The summed E-state index contributed by atoms with van der Waals surface area (Å²) in [5.74, 6) is 0.663. The predicted molar refractivity (Wildman–Crippen MR) is 165 cm³/mol. The maximum Gasteiger partial charge on any atom is 0.408 e. The number of halogens is 2. The Bertz CT molecular complexity index is 1130. The molecule has 3 N–H and O–H groups in total. The number of alkyl carbamates (subject to hydrolysis) is 1. The molecule has 2 aromatic carbocycles. The van der Waals surface area contributed by atoms with E-state index >= 15 is 0 Å². The number of carbonyl (C=O) groups is 1. The zero-order chi connectivity index (χ0) is 28.4. The van der Waals surface area contributed by atoms with Crippen molar-refractivity contribution in [2.24, 2.45) is 0 Å². The molecular formula is C25H36I2NO7PSi. The highest BCUT2D eigenvalue weighted by atomic mass is 127. The van der Waals surface area contributed by atoms with E-state index in [0.29, 0.717) is 17.1 Å². The van der Waals surface area contributed by atoms with Crippen molar-refractivity contribution < 1.29 is 33.0 Å². The Kier molecular flexibility index (Phi) is 10.6. The summed E-state index contributed by atoms with van der Waals surface area (Å²) in [6.45, 7) is 16.0. The van der Waals surface area contributed by atoms with Crippen LogP contribution in [0, 0.1) is 7.14 Å². The Morgan fingerprint density at radius 1 is 1.00 bits per heavy atom. The maximum absolute atomic E-state index is 12.1. The normalized spacial score (nSPS) is 13.6. The standard InChI is InChI=1S/C25H36I2NO7PSi/c1-24(2,3)34-23(29)28-21(36(30,31)32)15-16-13-19(26)22(20(27)14-16)33-17-9-11-18(12-10-17)35-37(7,8)25(4,5)6/h9-14,21H,15H2,1-8H3,(H,28,29)(H2,30,31,32). The first-order valence-corrected chi connectivity index (χ1v) is 18.4. The van der Waals surface area contributed by atoms with Crippen LogP contribution in [0.2, 0.25) is 18.1 Å². The molecule has 0 radical (unpaired) electrons. The third kappa shape index (κ3) is 9.99. The molecule has 0 aromatic heterocycles. The van der Waals surface area contributed by atoms with Crippen LogP contribution in [-0.2, 0) is 15.7 Å². The number of rotatable bonds is 8. The van der Waals surface area contributed by atoms with Crippen molar-refractivity contribution in [3.8, 4) is 17.2 Å². The summed E-state index contributed by atoms with van der Waals surface area (Å²) < 4.78 is 31.2. The van der Waals surface area contributed by atoms with Crippen molar-refractivity contribution in [2.75, 3.05) is 0 Å². The monoisotopic (exact) mass is 775 g/mol. The molecule has 0 fully saturated rings. The molecule has 2 aromatic rings. The molecule has 0 spiro atoms. The summed E-state index contributed by atoms with van der Waals surface area (Å²) in [4.78, 5) is 31.8. The van der Waals surface area contributed by atoms with Gasteiger partial charge in [0.1, 0.15) is 22.9 Å². The van der Waals surface area contributed by atoms with Crippen LogP contribution in [0.3, 0.4) is 0 Å². The second kappa shape index (κ2) is 12.1. The molecule has 12 heteroatoms. The second-order valence-corrected chi connectivity index (χ2v) is 20.1. The molecule has 37 heavy (non-hydrogen) atoms. The van der Waals surface area contributed by atoms with Crippen LogP contribution < -0.4 is 14.5 Å². The van der Waals surface area contributed by atoms with E-state index in [0.717, 1.165) is 12.9 Å². The number of amides is 1. The van der Waals surface area contributed by atoms with Gasteiger partial charge in [-0.2, -0.15) is 0 Å². The highest BCUT2D eigenvalue weighted by Gasteiger charge is 2.39. The van der Waals surface area contributed by atoms with Gasteiger partial charge in [-0.1, -0.05) is 20.8 Å². The average Bonchev–Trinajstić information content (AvgIpc) is 2.68. The van der Waals surface area contributed by atoms with Crippen LogP contribution in [0.15, 0.2) is 36.4 Å². The van der Waals surface area contributed by atoms with E-state index in [4.69, 9.17) is 13.9 Å². The first-order valence-electron chi connectivity index (χ1n) is 11.7. The van der Waals surface area contributed by atoms with Gasteiger partial charge in [-0.3, -0.25) is 4.57 Å². The summed E-state index contributed by atoms with van der Waals surface area (Å²) >= 11 is 4.26. The Hall–Kier alpha value is -0.863. The van der Waals surface area contributed by atoms with Crippen LogP contribution in [0.25, 0.3) is 0 Å². The van der Waals surface area contributed by atoms with Crippen LogP contribution in [0.4, 0.5) is 4.79 Å². The fourth-order valence-electron chi connectivity index (χ4n) is 2.89. The van der Waals surface area contributed by atoms with Gasteiger partial charge in [0.25, 0.3) is 0 Å². The van der Waals surface area contributed by atoms with Gasteiger partial charge in [0, 0.05) is 6.42 Å². The smallest absolute Gasteiger partial charge is 0.408 e. The van der Waals surface area contributed by atoms with Crippen LogP contribution in [0.5, 0.6) is 17.2 Å². The highest BCUT2D eigenvalue weighted by Crippen LogP contribution is 2.43. The molecule has 0 aliphatic rings. The van der Waals surface area contributed by atoms with E-state index in [2.05, 4.69) is 84.4 Å². The lowest BCUT2D eigenvalue weighted by Crippen LogP contribution is -2.43. The summed E-state index contributed by atoms with van der Waals surface area (Å²) in [6, 6.07) is 11.1. The summed E-state index contributed by atoms with van der Waals surface area (Å²) in [5.41, 5.74) is -0.147. The molecular weight excluding hydrogens is 739 g/mol. The minimum absolute atomic E-state index is 0.0741. The lowest BCUT2D eigenvalue weighted by molar-refractivity contribution is 0.0513. The number of hydrogen-bond acceptors (Lipinski definition) is 5. The van der Waals surface area contributed by atoms with Crippen molar-refractivity contribution in [3.05, 3.63) is 49.1 Å². The van der Waals surface area contributed by atoms with Gasteiger partial charge in [0.2, 0.25) is 8.32 Å². The number of carbonyl (C=O) groups excluding carboxylic acids is 1. The fraction of sp³-hybridized carbons (Fsp3) is 0.480. The Morgan fingerprint density at radius 3 is 1.92 bits per heavy atom. The van der Waals surface area contributed by atoms with E-state index in [9.17, 15) is 19.1 Å². The third-order valence-electron chi connectivity index (χ3n) is 5.80. The fourth-order valence-corrected chi connectivity index (χ4v) is 6.76. The Labute approximate surface area is 247 Å². The highest BCUT2D eigenvalue weighted by molar-refractivity contribution is 14.1. The summed E-state index contributed by atoms with van der Waals surface area (Å²) in [6.07, 6.45) is -0.957. The van der Waals surface area contributed by atoms with E-state index in [1.165, 1.54) is 0 Å². The molecule has 0 aliphatic heterocycles. The van der Waals surface area contributed by atoms with Crippen LogP contribution >= 0.6 is 52.8 Å². The van der Waals surface area contributed by atoms with Crippen molar-refractivity contribution >= 4 is 67.2 Å². The van der Waals surface area contributed by atoms with E-state index in [-0.39, 0.29) is 11.5 Å². The molecule has 0 saturated carbocycles. The first kappa shape index (κ1) is 32.3. The SMILES string of the molecule is CC(C)(C)OC(=O)NC(Cc1cc(I)c(Oc2ccc(O[Si](C)(C)C(C)(C)C)cc2)c(I)c1)P(=O)(O)O. The molecule has 1 atom stereocenters. The third-order valence-corrected chi connectivity index (χ3v) is 12.9. The zero-order valence-corrected chi connectivity index (χ0v) is 28.6. The van der Waals surface area contributed by atoms with Gasteiger partial charge in [0.05, 0.1) is 7.14 Å². The molecule has 1 amide bonds. The predicted octanol–water partition coefficient (Wildman–Crippen LogP) is 7.64. The number of hydrogen-bond donors (Lipinski definition) is 3. The average molecular weight is 775 g/mol. The number of ether oxygens (including phenoxy) is 2. The topological polar surface area (TPSA) is 114 Å². The second-order valence-electron chi connectivity index (χ2n) is 11.3. The quantitative estimate of drug-likeness (QED) is 0.144. The molecule has 206 valence electrons. The van der Waals surface area contributed by atoms with Gasteiger partial charge in [-0.05, 0) is 126 Å². The molecule has 0 bridgehead atoms. The molecule has 8 nitrogen and oxygen atoms in total. The molecule has 0 saturated heterocycles. The van der Waals surface area contributed by atoms with Crippen molar-refractivity contribution in [1.82, 2.24) is 5.32 Å². The lowest BCUT2D eigenvalue weighted by Gasteiger charge is -2.36. The van der Waals surface area contributed by atoms with E-state index in [1.54, 1.807) is 32.9 Å². The van der Waals surface area contributed by atoms with E-state index < -0.39 is 33.4 Å². The molecule has 1 unspecified atom stereocenters. The Balaban J connectivity index is 2.18. The van der Waals surface area contributed by atoms with Gasteiger partial charge in [0.15, 0.2) is 5.75 Å². The lowest BCUT2D eigenvalue weighted by atomic mass is 10.1. The van der Waals surface area contributed by atoms with Crippen LogP contribution in [0.1, 0.15) is 47.1 Å². The zero-order valence-electron chi connectivity index (χ0n) is 22.4. The minimum atomic E-state index is -4.65. The molecule has 2 rings (SSSR count). The van der Waals surface area contributed by atoms with Crippen molar-refractivity contribution in [2.45, 2.75) is 77.5 Å². The largest absolute Gasteiger partial charge is 0.543 e. The van der Waals surface area contributed by atoms with Gasteiger partial charge in [-0.15, -0.1) is 0 Å². The summed E-state index contributed by atoms with van der Waals surface area (Å²) in [7, 11) is -6.59. The van der Waals surface area contributed by atoms with Crippen molar-refractivity contribution in [1.29, 1.82) is 0 Å². The summed E-state index contributed by atoms with van der Waals surface area (Å²) in [5, 5.41) is 2.41. The van der Waals surface area contributed by atoms with Gasteiger partial charge >= 0.3 is 13.7 Å². The van der Waals surface area contributed by atoms with Crippen molar-refractivity contribution in [3.63, 3.8) is 0 Å². The minimum Gasteiger partial charge on any atom is -0.543 e. The van der Waals surface area contributed by atoms with Gasteiger partial charge < -0.3 is 29.0 Å². The number of nitrogens with one attached hydrogen (secondary N) is 1. The first-order chi connectivity index (χ1) is 16.7. The Morgan fingerprint density at radius 2 is 1.49 bits per heavy atom. The van der Waals surface area contributed by atoms with E-state index in [1.807, 2.05) is 24.3 Å². The molecule has 0 aliphatic carbocycles. The number of benzene rings is 2.